The molecule has 0 radical (unpaired) electrons. The zero-order valence-electron chi connectivity index (χ0n) is 7.32. The molecule has 1 aliphatic rings. The Hall–Kier alpha value is -1.000. The number of hydrogen-bond acceptors (Lipinski definition) is 2. The molecule has 1 atom stereocenters. The third kappa shape index (κ3) is 3.40. The molecule has 0 bridgehead atoms. The summed E-state index contributed by atoms with van der Waals surface area (Å²) in [6.45, 7) is 0. The molecule has 1 unspecified atom stereocenters. The van der Waals surface area contributed by atoms with Gasteiger partial charge in [-0.3, -0.25) is 0 Å². The first-order valence-electron chi connectivity index (χ1n) is 3.93. The zero-order valence-corrected chi connectivity index (χ0v) is 8.83. The molecule has 0 fully saturated rings. The standard InChI is InChI=1S/C8H10Cl2N4/c9-6-2-1-5(3-7(6)10)4-13-14-8(11)12/h1,3-4,6H,2H2,(H4,11,12,14)/b13-4+. The van der Waals surface area contributed by atoms with Crippen LogP contribution >= 0.6 is 23.2 Å². The third-order valence-electron chi connectivity index (χ3n) is 1.54. The van der Waals surface area contributed by atoms with Crippen LogP contribution in [-0.2, 0) is 0 Å². The molecule has 4 N–H and O–H groups in total. The number of nitrogens with zero attached hydrogens (tertiary/aromatic N) is 2. The normalized spacial score (nSPS) is 21.7. The number of halogens is 2. The van der Waals surface area contributed by atoms with Crippen LogP contribution in [0.15, 0.2) is 33.0 Å². The molecule has 6 heteroatoms. The van der Waals surface area contributed by atoms with E-state index in [1.54, 1.807) is 6.08 Å². The number of hydrogen-bond donors (Lipinski definition) is 2. The molecule has 0 saturated heterocycles. The second-order valence-electron chi connectivity index (χ2n) is 2.71. The highest BCUT2D eigenvalue weighted by atomic mass is 35.5. The lowest BCUT2D eigenvalue weighted by atomic mass is 10.1. The maximum Gasteiger partial charge on any atom is 0.211 e. The van der Waals surface area contributed by atoms with Gasteiger partial charge in [0.25, 0.3) is 0 Å². The average Bonchev–Trinajstić information content (AvgIpc) is 2.10. The van der Waals surface area contributed by atoms with E-state index in [9.17, 15) is 0 Å². The molecule has 0 saturated carbocycles. The van der Waals surface area contributed by atoms with Crippen LogP contribution in [0, 0.1) is 0 Å². The Labute approximate surface area is 92.0 Å². The largest absolute Gasteiger partial charge is 0.369 e. The van der Waals surface area contributed by atoms with Gasteiger partial charge in [-0.2, -0.15) is 5.10 Å². The number of allylic oxidation sites excluding steroid dienone is 4. The molecule has 0 aromatic heterocycles. The van der Waals surface area contributed by atoms with Gasteiger partial charge in [0.1, 0.15) is 0 Å². The molecule has 0 aromatic rings. The average molecular weight is 233 g/mol. The summed E-state index contributed by atoms with van der Waals surface area (Å²) < 4.78 is 0. The Morgan fingerprint density at radius 1 is 1.57 bits per heavy atom. The first kappa shape index (κ1) is 11.1. The van der Waals surface area contributed by atoms with Crippen molar-refractivity contribution >= 4 is 35.4 Å². The van der Waals surface area contributed by atoms with Gasteiger partial charge in [0.15, 0.2) is 0 Å². The highest BCUT2D eigenvalue weighted by Crippen LogP contribution is 2.24. The fourth-order valence-electron chi connectivity index (χ4n) is 0.913. The van der Waals surface area contributed by atoms with Crippen molar-refractivity contribution < 1.29 is 0 Å². The van der Waals surface area contributed by atoms with Crippen LogP contribution in [0.4, 0.5) is 0 Å². The number of nitrogens with two attached hydrogens (primary N) is 2. The second kappa shape index (κ2) is 5.02. The fraction of sp³-hybridized carbons (Fsp3) is 0.250. The lowest BCUT2D eigenvalue weighted by Crippen LogP contribution is -2.21. The van der Waals surface area contributed by atoms with E-state index in [0.717, 1.165) is 5.57 Å². The van der Waals surface area contributed by atoms with Gasteiger partial charge >= 0.3 is 0 Å². The molecule has 0 aromatic carbocycles. The number of alkyl halides is 1. The van der Waals surface area contributed by atoms with E-state index in [1.807, 2.05) is 6.08 Å². The lowest BCUT2D eigenvalue weighted by Gasteiger charge is -2.10. The minimum atomic E-state index is -0.142. The molecule has 0 amide bonds. The molecule has 0 aliphatic heterocycles. The minimum Gasteiger partial charge on any atom is -0.369 e. The van der Waals surface area contributed by atoms with Gasteiger partial charge in [-0.05, 0) is 18.1 Å². The Bertz CT molecular complexity index is 326. The van der Waals surface area contributed by atoms with Crippen LogP contribution < -0.4 is 11.5 Å². The van der Waals surface area contributed by atoms with Crippen molar-refractivity contribution in [3.8, 4) is 0 Å². The summed E-state index contributed by atoms with van der Waals surface area (Å²) in [4.78, 5) is 0. The Morgan fingerprint density at radius 3 is 2.86 bits per heavy atom. The molecule has 76 valence electrons. The number of rotatable bonds is 2. The summed E-state index contributed by atoms with van der Waals surface area (Å²) in [5.41, 5.74) is 11.0. The lowest BCUT2D eigenvalue weighted by molar-refractivity contribution is 1.02. The highest BCUT2D eigenvalue weighted by molar-refractivity contribution is 6.38. The summed E-state index contributed by atoms with van der Waals surface area (Å²) in [6, 6.07) is 0. The van der Waals surface area contributed by atoms with Crippen molar-refractivity contribution in [3.63, 3.8) is 0 Å². The number of guanidine groups is 1. The molecule has 4 nitrogen and oxygen atoms in total. The highest BCUT2D eigenvalue weighted by Gasteiger charge is 2.11. The van der Waals surface area contributed by atoms with Crippen molar-refractivity contribution in [2.45, 2.75) is 11.8 Å². The molecule has 0 heterocycles. The molecular weight excluding hydrogens is 223 g/mol. The van der Waals surface area contributed by atoms with Crippen molar-refractivity contribution in [3.05, 3.63) is 22.8 Å². The van der Waals surface area contributed by atoms with Gasteiger partial charge < -0.3 is 11.5 Å². The predicted molar refractivity (Wildman–Crippen MR) is 60.6 cm³/mol. The molecule has 0 spiro atoms. The smallest absolute Gasteiger partial charge is 0.211 e. The summed E-state index contributed by atoms with van der Waals surface area (Å²) in [5.74, 6) is -0.0806. The van der Waals surface area contributed by atoms with Gasteiger partial charge in [0, 0.05) is 5.03 Å². The maximum atomic E-state index is 5.86. The van der Waals surface area contributed by atoms with Gasteiger partial charge in [-0.1, -0.05) is 17.7 Å². The van der Waals surface area contributed by atoms with E-state index in [1.165, 1.54) is 6.21 Å². The first-order chi connectivity index (χ1) is 6.59. The molecule has 1 aliphatic carbocycles. The Morgan fingerprint density at radius 2 is 2.29 bits per heavy atom. The summed E-state index contributed by atoms with van der Waals surface area (Å²) in [6.07, 6.45) is 5.84. The second-order valence-corrected chi connectivity index (χ2v) is 3.67. The van der Waals surface area contributed by atoms with Crippen LogP contribution in [0.1, 0.15) is 6.42 Å². The quantitative estimate of drug-likeness (QED) is 0.326. The van der Waals surface area contributed by atoms with Gasteiger partial charge in [-0.25, -0.2) is 0 Å². The SMILES string of the molecule is NC(N)=N/N=C/C1=CCC(Cl)C(Cl)=C1. The van der Waals surface area contributed by atoms with Crippen LogP contribution in [0.2, 0.25) is 0 Å². The summed E-state index contributed by atoms with van der Waals surface area (Å²) in [7, 11) is 0. The van der Waals surface area contributed by atoms with Crippen LogP contribution in [0.3, 0.4) is 0 Å². The van der Waals surface area contributed by atoms with E-state index < -0.39 is 0 Å². The zero-order chi connectivity index (χ0) is 10.6. The van der Waals surface area contributed by atoms with Crippen LogP contribution in [-0.4, -0.2) is 17.6 Å². The molecule has 14 heavy (non-hydrogen) atoms. The molecule has 1 rings (SSSR count). The maximum absolute atomic E-state index is 5.86. The van der Waals surface area contributed by atoms with Crippen molar-refractivity contribution in [2.75, 3.05) is 0 Å². The monoisotopic (exact) mass is 232 g/mol. The summed E-state index contributed by atoms with van der Waals surface area (Å²) >= 11 is 11.7. The van der Waals surface area contributed by atoms with Gasteiger partial charge in [0.05, 0.1) is 11.6 Å². The topological polar surface area (TPSA) is 76.8 Å². The van der Waals surface area contributed by atoms with Gasteiger partial charge in [-0.15, -0.1) is 16.7 Å². The van der Waals surface area contributed by atoms with Crippen molar-refractivity contribution in [1.29, 1.82) is 0 Å². The Kier molecular flexibility index (Phi) is 3.98. The van der Waals surface area contributed by atoms with Crippen LogP contribution in [0.5, 0.6) is 0 Å². The summed E-state index contributed by atoms with van der Waals surface area (Å²) in [5, 5.41) is 7.57. The van der Waals surface area contributed by atoms with E-state index in [-0.39, 0.29) is 11.3 Å². The van der Waals surface area contributed by atoms with E-state index in [0.29, 0.717) is 11.5 Å². The van der Waals surface area contributed by atoms with E-state index in [2.05, 4.69) is 10.2 Å². The third-order valence-corrected chi connectivity index (χ3v) is 2.44. The predicted octanol–water partition coefficient (Wildman–Crippen LogP) is 1.31. The van der Waals surface area contributed by atoms with Crippen LogP contribution in [0.25, 0.3) is 0 Å². The van der Waals surface area contributed by atoms with Crippen molar-refractivity contribution in [1.82, 2.24) is 0 Å². The van der Waals surface area contributed by atoms with E-state index in [4.69, 9.17) is 34.7 Å². The fourth-order valence-corrected chi connectivity index (χ4v) is 1.28. The van der Waals surface area contributed by atoms with E-state index >= 15 is 0 Å². The van der Waals surface area contributed by atoms with Crippen molar-refractivity contribution in [2.24, 2.45) is 21.7 Å². The minimum absolute atomic E-state index is 0.0806. The Balaban J connectivity index is 2.65. The first-order valence-corrected chi connectivity index (χ1v) is 4.74. The van der Waals surface area contributed by atoms with Gasteiger partial charge in [0.2, 0.25) is 5.96 Å². The molecular formula is C8H10Cl2N4.